The Morgan fingerprint density at radius 2 is 1.56 bits per heavy atom. The minimum atomic E-state index is -3.89. The summed E-state index contributed by atoms with van der Waals surface area (Å²) >= 11 is 0. The van der Waals surface area contributed by atoms with Gasteiger partial charge in [0, 0.05) is 44.1 Å². The maximum atomic E-state index is 13.6. The molecule has 168 valence electrons. The van der Waals surface area contributed by atoms with Crippen LogP contribution in [0.2, 0.25) is 0 Å². The molecule has 4 rings (SSSR count). The first kappa shape index (κ1) is 22.3. The first-order valence-corrected chi connectivity index (χ1v) is 11.9. The highest BCUT2D eigenvalue weighted by molar-refractivity contribution is 7.89. The zero-order chi connectivity index (χ0) is 22.8. The molecule has 3 aromatic rings. The lowest BCUT2D eigenvalue weighted by Crippen LogP contribution is -2.45. The number of anilines is 1. The molecule has 2 aromatic carbocycles. The second-order valence-corrected chi connectivity index (χ2v) is 9.74. The van der Waals surface area contributed by atoms with Gasteiger partial charge in [0.15, 0.2) is 0 Å². The molecule has 1 saturated heterocycles. The molecule has 2 heterocycles. The summed E-state index contributed by atoms with van der Waals surface area (Å²) in [5, 5.41) is 3.29. The van der Waals surface area contributed by atoms with Gasteiger partial charge in [-0.15, -0.1) is 0 Å². The molecule has 1 unspecified atom stereocenters. The summed E-state index contributed by atoms with van der Waals surface area (Å²) < 4.78 is 42.9. The maximum absolute atomic E-state index is 13.6. The second kappa shape index (κ2) is 8.93. The third kappa shape index (κ3) is 4.64. The average molecular weight is 456 g/mol. The van der Waals surface area contributed by atoms with Crippen LogP contribution in [0.5, 0.6) is 0 Å². The molecule has 32 heavy (non-hydrogen) atoms. The summed E-state index contributed by atoms with van der Waals surface area (Å²) in [6.07, 6.45) is 3.26. The fourth-order valence-corrected chi connectivity index (χ4v) is 5.11. The number of aromatic nitrogens is 2. The normalized spacial score (nSPS) is 16.5. The predicted molar refractivity (Wildman–Crippen MR) is 121 cm³/mol. The van der Waals surface area contributed by atoms with E-state index in [1.54, 1.807) is 55.7 Å². The Balaban J connectivity index is 1.72. The monoisotopic (exact) mass is 455 g/mol. The zero-order valence-electron chi connectivity index (χ0n) is 18.0. The molecule has 0 saturated carbocycles. The minimum Gasteiger partial charge on any atom is -0.338 e. The van der Waals surface area contributed by atoms with Gasteiger partial charge in [0.2, 0.25) is 16.0 Å². The highest BCUT2D eigenvalue weighted by Crippen LogP contribution is 2.31. The number of nitrogens with one attached hydrogen (secondary N) is 2. The van der Waals surface area contributed by atoms with Gasteiger partial charge in [-0.3, -0.25) is 0 Å². The van der Waals surface area contributed by atoms with Crippen LogP contribution in [0.4, 0.5) is 10.3 Å². The number of piperazine rings is 1. The van der Waals surface area contributed by atoms with Gasteiger partial charge in [-0.1, -0.05) is 29.8 Å². The van der Waals surface area contributed by atoms with Crippen molar-refractivity contribution in [3.05, 3.63) is 83.4 Å². The lowest BCUT2D eigenvalue weighted by atomic mass is 9.87. The van der Waals surface area contributed by atoms with Gasteiger partial charge in [0.25, 0.3) is 0 Å². The Hall–Kier alpha value is -2.88. The molecule has 1 fully saturated rings. The van der Waals surface area contributed by atoms with Gasteiger partial charge in [-0.2, -0.15) is 4.72 Å². The van der Waals surface area contributed by atoms with Crippen molar-refractivity contribution in [1.82, 2.24) is 20.0 Å². The largest absolute Gasteiger partial charge is 0.338 e. The Morgan fingerprint density at radius 3 is 2.16 bits per heavy atom. The molecule has 0 amide bonds. The quantitative estimate of drug-likeness (QED) is 0.594. The topological polar surface area (TPSA) is 87.2 Å². The minimum absolute atomic E-state index is 0.148. The first-order valence-electron chi connectivity index (χ1n) is 10.4. The van der Waals surface area contributed by atoms with Crippen molar-refractivity contribution in [2.75, 3.05) is 31.1 Å². The molecule has 7 nitrogen and oxygen atoms in total. The molecule has 1 aliphatic heterocycles. The van der Waals surface area contributed by atoms with E-state index in [0.717, 1.165) is 31.7 Å². The fraction of sp³-hybridized carbons (Fsp3) is 0.304. The number of sulfonamides is 1. The van der Waals surface area contributed by atoms with Gasteiger partial charge in [0.1, 0.15) is 5.82 Å². The SMILES string of the molecule is Cc1ccc(S(=O)(=O)NC(C)(c2ccc(F)cc2)c2cnc(N3CCNCC3)nc2)cc1. The highest BCUT2D eigenvalue weighted by Gasteiger charge is 2.35. The summed E-state index contributed by atoms with van der Waals surface area (Å²) in [4.78, 5) is 11.2. The van der Waals surface area contributed by atoms with Crippen LogP contribution in [0.15, 0.2) is 65.8 Å². The molecule has 0 aliphatic carbocycles. The van der Waals surface area contributed by atoms with Crippen LogP contribution in [-0.4, -0.2) is 44.6 Å². The summed E-state index contributed by atoms with van der Waals surface area (Å²) in [7, 11) is -3.89. The Bertz CT molecular complexity index is 1160. The van der Waals surface area contributed by atoms with E-state index in [9.17, 15) is 12.8 Å². The molecule has 1 aromatic heterocycles. The lowest BCUT2D eigenvalue weighted by molar-refractivity contribution is 0.498. The van der Waals surface area contributed by atoms with Crippen molar-refractivity contribution < 1.29 is 12.8 Å². The van der Waals surface area contributed by atoms with E-state index in [1.807, 2.05) is 6.92 Å². The molecular formula is C23H26FN5O2S. The van der Waals surface area contributed by atoms with E-state index in [4.69, 9.17) is 0 Å². The van der Waals surface area contributed by atoms with Crippen molar-refractivity contribution in [3.63, 3.8) is 0 Å². The number of hydrogen-bond donors (Lipinski definition) is 2. The van der Waals surface area contributed by atoms with Crippen LogP contribution in [0.3, 0.4) is 0 Å². The van der Waals surface area contributed by atoms with Crippen molar-refractivity contribution in [3.8, 4) is 0 Å². The van der Waals surface area contributed by atoms with Gasteiger partial charge in [-0.25, -0.2) is 22.8 Å². The summed E-state index contributed by atoms with van der Waals surface area (Å²) in [5.74, 6) is 0.195. The zero-order valence-corrected chi connectivity index (χ0v) is 18.9. The van der Waals surface area contributed by atoms with Gasteiger partial charge in [-0.05, 0) is 43.7 Å². The van der Waals surface area contributed by atoms with Crippen LogP contribution in [0.1, 0.15) is 23.6 Å². The smallest absolute Gasteiger partial charge is 0.241 e. The van der Waals surface area contributed by atoms with E-state index < -0.39 is 21.4 Å². The third-order valence-electron chi connectivity index (χ3n) is 5.71. The lowest BCUT2D eigenvalue weighted by Gasteiger charge is -2.32. The van der Waals surface area contributed by atoms with Crippen molar-refractivity contribution in [2.45, 2.75) is 24.3 Å². The van der Waals surface area contributed by atoms with Crippen LogP contribution < -0.4 is 14.9 Å². The molecule has 1 atom stereocenters. The number of halogens is 1. The molecule has 2 N–H and O–H groups in total. The number of nitrogens with zero attached hydrogens (tertiary/aromatic N) is 3. The van der Waals surface area contributed by atoms with Gasteiger partial charge in [0.05, 0.1) is 10.4 Å². The number of rotatable bonds is 6. The second-order valence-electron chi connectivity index (χ2n) is 8.06. The van der Waals surface area contributed by atoms with Crippen molar-refractivity contribution in [1.29, 1.82) is 0 Å². The number of benzene rings is 2. The standard InChI is InChI=1S/C23H26FN5O2S/c1-17-3-9-21(10-4-17)32(30,31)28-23(2,18-5-7-20(24)8-6-18)19-15-26-22(27-16-19)29-13-11-25-12-14-29/h3-10,15-16,25,28H,11-14H2,1-2H3. The Kier molecular flexibility index (Phi) is 6.23. The first-order chi connectivity index (χ1) is 15.3. The molecule has 0 bridgehead atoms. The van der Waals surface area contributed by atoms with Crippen molar-refractivity contribution in [2.24, 2.45) is 0 Å². The van der Waals surface area contributed by atoms with Crippen LogP contribution >= 0.6 is 0 Å². The third-order valence-corrected chi connectivity index (χ3v) is 7.28. The average Bonchev–Trinajstić information content (AvgIpc) is 2.80. The molecule has 0 spiro atoms. The number of aryl methyl sites for hydroxylation is 1. The van der Waals surface area contributed by atoms with Crippen molar-refractivity contribution >= 4 is 16.0 Å². The summed E-state index contributed by atoms with van der Waals surface area (Å²) in [5.41, 5.74) is 0.883. The summed E-state index contributed by atoms with van der Waals surface area (Å²) in [6, 6.07) is 12.4. The molecular weight excluding hydrogens is 429 g/mol. The predicted octanol–water partition coefficient (Wildman–Crippen LogP) is 2.58. The molecule has 9 heteroatoms. The van der Waals surface area contributed by atoms with E-state index in [2.05, 4.69) is 24.9 Å². The maximum Gasteiger partial charge on any atom is 0.241 e. The van der Waals surface area contributed by atoms with Crippen LogP contribution in [0, 0.1) is 12.7 Å². The fourth-order valence-electron chi connectivity index (χ4n) is 3.72. The molecule has 1 aliphatic rings. The molecule has 0 radical (unpaired) electrons. The van der Waals surface area contributed by atoms with Crippen LogP contribution in [-0.2, 0) is 15.6 Å². The van der Waals surface area contributed by atoms with E-state index in [-0.39, 0.29) is 4.90 Å². The number of hydrogen-bond acceptors (Lipinski definition) is 6. The van der Waals surface area contributed by atoms with Gasteiger partial charge >= 0.3 is 0 Å². The van der Waals surface area contributed by atoms with Gasteiger partial charge < -0.3 is 10.2 Å². The van der Waals surface area contributed by atoms with E-state index in [1.165, 1.54) is 12.1 Å². The highest BCUT2D eigenvalue weighted by atomic mass is 32.2. The van der Waals surface area contributed by atoms with E-state index >= 15 is 0 Å². The summed E-state index contributed by atoms with van der Waals surface area (Å²) in [6.45, 7) is 6.94. The van der Waals surface area contributed by atoms with Crippen LogP contribution in [0.25, 0.3) is 0 Å². The Morgan fingerprint density at radius 1 is 0.969 bits per heavy atom. The Labute approximate surface area is 187 Å². The van der Waals surface area contributed by atoms with E-state index in [0.29, 0.717) is 17.1 Å².